The minimum absolute atomic E-state index is 0.167. The highest BCUT2D eigenvalue weighted by atomic mass is 79.9. The van der Waals surface area contributed by atoms with Crippen molar-refractivity contribution in [3.8, 4) is 0 Å². The molecule has 0 radical (unpaired) electrons. The van der Waals surface area contributed by atoms with E-state index in [0.717, 1.165) is 22.3 Å². The molecule has 0 aliphatic heterocycles. The molecule has 21 heavy (non-hydrogen) atoms. The van der Waals surface area contributed by atoms with Crippen LogP contribution in [-0.4, -0.2) is 9.78 Å². The number of aryl methyl sites for hydroxylation is 1. The standard InChI is InChI=1S/C15H20BrFN4/c1-4-21-13(12(16)9-19-21)14(20-18)15(2,3)10-5-7-11(17)8-6-10/h5-9,14,20H,4,18H2,1-3H3. The maximum absolute atomic E-state index is 13.2. The van der Waals surface area contributed by atoms with Crippen LogP contribution < -0.4 is 11.3 Å². The SMILES string of the molecule is CCn1ncc(Br)c1C(NN)C(C)(C)c1ccc(F)cc1. The van der Waals surface area contributed by atoms with Gasteiger partial charge in [-0.1, -0.05) is 26.0 Å². The van der Waals surface area contributed by atoms with Crippen LogP contribution >= 0.6 is 15.9 Å². The number of hydrazine groups is 1. The Kier molecular flexibility index (Phi) is 4.81. The highest BCUT2D eigenvalue weighted by Crippen LogP contribution is 2.39. The third-order valence-electron chi connectivity index (χ3n) is 3.88. The summed E-state index contributed by atoms with van der Waals surface area (Å²) in [5.74, 6) is 5.58. The van der Waals surface area contributed by atoms with E-state index in [9.17, 15) is 4.39 Å². The number of benzene rings is 1. The maximum Gasteiger partial charge on any atom is 0.123 e. The molecule has 6 heteroatoms. The Labute approximate surface area is 132 Å². The van der Waals surface area contributed by atoms with Crippen LogP contribution in [0.3, 0.4) is 0 Å². The monoisotopic (exact) mass is 354 g/mol. The summed E-state index contributed by atoms with van der Waals surface area (Å²) < 4.78 is 16.0. The van der Waals surface area contributed by atoms with Gasteiger partial charge in [-0.05, 0) is 40.5 Å². The van der Waals surface area contributed by atoms with Crippen molar-refractivity contribution in [1.29, 1.82) is 0 Å². The highest BCUT2D eigenvalue weighted by molar-refractivity contribution is 9.10. The summed E-state index contributed by atoms with van der Waals surface area (Å²) in [5.41, 5.74) is 4.54. The molecule has 0 saturated heterocycles. The first-order valence-corrected chi connectivity index (χ1v) is 7.64. The van der Waals surface area contributed by atoms with E-state index in [1.54, 1.807) is 18.3 Å². The first kappa shape index (κ1) is 16.1. The fourth-order valence-corrected chi connectivity index (χ4v) is 3.11. The molecule has 1 aromatic carbocycles. The van der Waals surface area contributed by atoms with Gasteiger partial charge in [-0.25, -0.2) is 4.39 Å². The van der Waals surface area contributed by atoms with Crippen molar-refractivity contribution in [2.24, 2.45) is 5.84 Å². The fourth-order valence-electron chi connectivity index (χ4n) is 2.59. The molecule has 1 aromatic heterocycles. The van der Waals surface area contributed by atoms with Gasteiger partial charge in [0, 0.05) is 12.0 Å². The molecule has 1 heterocycles. The number of nitrogens with one attached hydrogen (secondary N) is 1. The van der Waals surface area contributed by atoms with Crippen LogP contribution in [0, 0.1) is 5.82 Å². The Morgan fingerprint density at radius 3 is 2.52 bits per heavy atom. The summed E-state index contributed by atoms with van der Waals surface area (Å²) in [6.07, 6.45) is 1.77. The fraction of sp³-hybridized carbons (Fsp3) is 0.400. The van der Waals surface area contributed by atoms with E-state index in [4.69, 9.17) is 5.84 Å². The Hall–Kier alpha value is -1.24. The molecule has 0 aliphatic carbocycles. The summed E-state index contributed by atoms with van der Waals surface area (Å²) in [6, 6.07) is 6.36. The van der Waals surface area contributed by atoms with Gasteiger partial charge in [0.2, 0.25) is 0 Å². The molecule has 0 spiro atoms. The van der Waals surface area contributed by atoms with E-state index in [0.29, 0.717) is 0 Å². The average molecular weight is 355 g/mol. The molecule has 1 unspecified atom stereocenters. The molecular weight excluding hydrogens is 335 g/mol. The predicted octanol–water partition coefficient (Wildman–Crippen LogP) is 3.29. The zero-order valence-electron chi connectivity index (χ0n) is 12.4. The van der Waals surface area contributed by atoms with Gasteiger partial charge >= 0.3 is 0 Å². The van der Waals surface area contributed by atoms with Crippen LogP contribution in [0.5, 0.6) is 0 Å². The molecule has 4 nitrogen and oxygen atoms in total. The van der Waals surface area contributed by atoms with Crippen LogP contribution in [-0.2, 0) is 12.0 Å². The molecule has 0 bridgehead atoms. The number of rotatable bonds is 5. The van der Waals surface area contributed by atoms with Gasteiger partial charge in [0.25, 0.3) is 0 Å². The smallest absolute Gasteiger partial charge is 0.123 e. The van der Waals surface area contributed by atoms with Crippen molar-refractivity contribution in [3.05, 3.63) is 52.0 Å². The Morgan fingerprint density at radius 2 is 2.00 bits per heavy atom. The first-order chi connectivity index (χ1) is 9.91. The summed E-state index contributed by atoms with van der Waals surface area (Å²) >= 11 is 3.54. The lowest BCUT2D eigenvalue weighted by Gasteiger charge is -2.35. The van der Waals surface area contributed by atoms with Crippen molar-refractivity contribution in [2.75, 3.05) is 0 Å². The van der Waals surface area contributed by atoms with E-state index in [-0.39, 0.29) is 17.3 Å². The van der Waals surface area contributed by atoms with Gasteiger partial charge in [-0.2, -0.15) is 5.10 Å². The lowest BCUT2D eigenvalue weighted by molar-refractivity contribution is 0.331. The van der Waals surface area contributed by atoms with Crippen molar-refractivity contribution in [1.82, 2.24) is 15.2 Å². The van der Waals surface area contributed by atoms with Gasteiger partial charge in [-0.15, -0.1) is 0 Å². The zero-order valence-corrected chi connectivity index (χ0v) is 14.0. The van der Waals surface area contributed by atoms with Crippen molar-refractivity contribution in [2.45, 2.75) is 38.8 Å². The number of nitrogens with two attached hydrogens (primary N) is 1. The summed E-state index contributed by atoms with van der Waals surface area (Å²) in [4.78, 5) is 0. The first-order valence-electron chi connectivity index (χ1n) is 6.85. The molecule has 0 saturated carbocycles. The number of nitrogens with zero attached hydrogens (tertiary/aromatic N) is 2. The second-order valence-corrected chi connectivity index (χ2v) is 6.38. The van der Waals surface area contributed by atoms with Gasteiger partial charge in [-0.3, -0.25) is 16.0 Å². The number of aromatic nitrogens is 2. The van der Waals surface area contributed by atoms with E-state index < -0.39 is 0 Å². The maximum atomic E-state index is 13.2. The van der Waals surface area contributed by atoms with Crippen molar-refractivity contribution >= 4 is 15.9 Å². The minimum Gasteiger partial charge on any atom is -0.271 e. The van der Waals surface area contributed by atoms with Crippen LogP contribution in [0.1, 0.15) is 38.1 Å². The highest BCUT2D eigenvalue weighted by Gasteiger charge is 2.35. The van der Waals surface area contributed by atoms with Gasteiger partial charge in [0.15, 0.2) is 0 Å². The van der Waals surface area contributed by atoms with Crippen LogP contribution in [0.25, 0.3) is 0 Å². The molecule has 1 atom stereocenters. The minimum atomic E-state index is -0.335. The number of hydrogen-bond donors (Lipinski definition) is 2. The third kappa shape index (κ3) is 3.02. The third-order valence-corrected chi connectivity index (χ3v) is 4.49. The predicted molar refractivity (Wildman–Crippen MR) is 85.1 cm³/mol. The lowest BCUT2D eigenvalue weighted by atomic mass is 9.76. The van der Waals surface area contributed by atoms with Crippen LogP contribution in [0.2, 0.25) is 0 Å². The van der Waals surface area contributed by atoms with Crippen LogP contribution in [0.15, 0.2) is 34.9 Å². The molecule has 2 rings (SSSR count). The zero-order chi connectivity index (χ0) is 15.6. The van der Waals surface area contributed by atoms with Gasteiger partial charge in [0.1, 0.15) is 5.82 Å². The normalized spacial score (nSPS) is 13.4. The summed E-state index contributed by atoms with van der Waals surface area (Å²) in [6.45, 7) is 6.93. The molecule has 3 N–H and O–H groups in total. The molecule has 2 aromatic rings. The molecule has 0 aliphatic rings. The second-order valence-electron chi connectivity index (χ2n) is 5.52. The van der Waals surface area contributed by atoms with E-state index in [2.05, 4.69) is 40.3 Å². The summed E-state index contributed by atoms with van der Waals surface area (Å²) in [7, 11) is 0. The van der Waals surface area contributed by atoms with E-state index >= 15 is 0 Å². The molecule has 0 fully saturated rings. The topological polar surface area (TPSA) is 55.9 Å². The van der Waals surface area contributed by atoms with Gasteiger partial charge in [0.05, 0.1) is 22.4 Å². The van der Waals surface area contributed by atoms with Crippen molar-refractivity contribution < 1.29 is 4.39 Å². The molecular formula is C15H20BrFN4. The molecule has 114 valence electrons. The van der Waals surface area contributed by atoms with Gasteiger partial charge < -0.3 is 0 Å². The van der Waals surface area contributed by atoms with Crippen LogP contribution in [0.4, 0.5) is 4.39 Å². The molecule has 0 amide bonds. The lowest BCUT2D eigenvalue weighted by Crippen LogP contribution is -2.42. The quantitative estimate of drug-likeness (QED) is 0.639. The Balaban J connectivity index is 2.48. The largest absolute Gasteiger partial charge is 0.271 e. The summed E-state index contributed by atoms with van der Waals surface area (Å²) in [5, 5.41) is 4.34. The number of halogens is 2. The van der Waals surface area contributed by atoms with Crippen molar-refractivity contribution in [3.63, 3.8) is 0 Å². The van der Waals surface area contributed by atoms with E-state index in [1.807, 2.05) is 11.6 Å². The second kappa shape index (κ2) is 6.25. The van der Waals surface area contributed by atoms with E-state index in [1.165, 1.54) is 12.1 Å². The number of hydrogen-bond acceptors (Lipinski definition) is 3. The Morgan fingerprint density at radius 1 is 1.38 bits per heavy atom. The average Bonchev–Trinajstić information content (AvgIpc) is 2.81. The Bertz CT molecular complexity index is 607.